The molecule has 0 aliphatic heterocycles. The van der Waals surface area contributed by atoms with Crippen LogP contribution in [0.15, 0.2) is 121 Å². The van der Waals surface area contributed by atoms with Crippen molar-refractivity contribution in [2.45, 2.75) is 0 Å². The van der Waals surface area contributed by atoms with E-state index in [2.05, 4.69) is 0 Å². The van der Waals surface area contributed by atoms with E-state index < -0.39 is 11.6 Å². The van der Waals surface area contributed by atoms with E-state index >= 15 is 0 Å². The van der Waals surface area contributed by atoms with E-state index in [0.717, 1.165) is 11.1 Å². The first-order valence-electron chi connectivity index (χ1n) is 9.51. The zero-order valence-corrected chi connectivity index (χ0v) is 16.3. The molecule has 146 valence electrons. The molecule has 0 aliphatic rings. The van der Waals surface area contributed by atoms with Crippen LogP contribution in [0.3, 0.4) is 0 Å². The van der Waals surface area contributed by atoms with Crippen molar-refractivity contribution in [3.63, 3.8) is 0 Å². The number of Topliss-reactive ketones (excluding diaryl/α,β-unsaturated/α-hetero) is 2. The van der Waals surface area contributed by atoms with E-state index in [1.165, 1.54) is 0 Å². The summed E-state index contributed by atoms with van der Waals surface area (Å²) in [6.45, 7) is 0. The van der Waals surface area contributed by atoms with E-state index in [0.29, 0.717) is 11.1 Å². The van der Waals surface area contributed by atoms with Crippen molar-refractivity contribution < 1.29 is 14.4 Å². The van der Waals surface area contributed by atoms with Gasteiger partial charge in [0.05, 0.1) is 0 Å². The Hall–Kier alpha value is -4.11. The Labute approximate surface area is 175 Å². The van der Waals surface area contributed by atoms with Crippen molar-refractivity contribution in [1.82, 2.24) is 0 Å². The molecule has 0 spiro atoms. The summed E-state index contributed by atoms with van der Waals surface area (Å²) in [5, 5.41) is 0. The number of hydrogen-bond acceptors (Lipinski definition) is 3. The lowest BCUT2D eigenvalue weighted by Crippen LogP contribution is -2.14. The molecule has 0 saturated carbocycles. The molecule has 0 N–H and O–H groups in total. The lowest BCUT2D eigenvalue weighted by Gasteiger charge is -1.99. The van der Waals surface area contributed by atoms with Crippen LogP contribution in [-0.4, -0.2) is 17.3 Å². The van der Waals surface area contributed by atoms with Crippen LogP contribution in [0.25, 0.3) is 0 Å². The molecule has 0 heterocycles. The van der Waals surface area contributed by atoms with Crippen LogP contribution in [0.5, 0.6) is 0 Å². The van der Waals surface area contributed by atoms with E-state index in [9.17, 15) is 14.4 Å². The first kappa shape index (κ1) is 20.6. The first-order chi connectivity index (χ1) is 14.7. The molecule has 0 aromatic heterocycles. The highest BCUT2D eigenvalue weighted by Gasteiger charge is 2.17. The van der Waals surface area contributed by atoms with Gasteiger partial charge in [-0.05, 0) is 0 Å². The molecular formula is C27H20O3. The molecule has 4 aromatic rings. The average Bonchev–Trinajstić information content (AvgIpc) is 2.85. The minimum atomic E-state index is -0.466. The Morgan fingerprint density at radius 1 is 0.333 bits per heavy atom. The maximum atomic E-state index is 11.8. The van der Waals surface area contributed by atoms with Crippen molar-refractivity contribution >= 4 is 17.3 Å². The van der Waals surface area contributed by atoms with Gasteiger partial charge >= 0.3 is 0 Å². The first-order valence-corrected chi connectivity index (χ1v) is 9.51. The van der Waals surface area contributed by atoms with E-state index in [-0.39, 0.29) is 5.78 Å². The predicted octanol–water partition coefficient (Wildman–Crippen LogP) is 5.67. The second kappa shape index (κ2) is 10.4. The molecule has 0 fully saturated rings. The highest BCUT2D eigenvalue weighted by atomic mass is 16.2. The van der Waals surface area contributed by atoms with Gasteiger partial charge in [0.2, 0.25) is 11.6 Å². The Morgan fingerprint density at radius 3 is 0.833 bits per heavy atom. The smallest absolute Gasteiger partial charge is 0.233 e. The van der Waals surface area contributed by atoms with Crippen LogP contribution in [0.1, 0.15) is 36.6 Å². The topological polar surface area (TPSA) is 51.2 Å². The molecule has 3 nitrogen and oxygen atoms in total. The van der Waals surface area contributed by atoms with Crippen molar-refractivity contribution in [2.24, 2.45) is 0 Å². The minimum absolute atomic E-state index is 0.0752. The van der Waals surface area contributed by atoms with E-state index in [1.54, 1.807) is 48.5 Å². The fourth-order valence-electron chi connectivity index (χ4n) is 2.79. The van der Waals surface area contributed by atoms with Gasteiger partial charge in [0.25, 0.3) is 0 Å². The van der Waals surface area contributed by atoms with Crippen LogP contribution >= 0.6 is 0 Å². The van der Waals surface area contributed by atoms with Gasteiger partial charge in [-0.2, -0.15) is 0 Å². The summed E-state index contributed by atoms with van der Waals surface area (Å²) in [5.74, 6) is -0.857. The lowest BCUT2D eigenvalue weighted by atomic mass is 10.0. The van der Waals surface area contributed by atoms with Crippen molar-refractivity contribution in [1.29, 1.82) is 0 Å². The fourth-order valence-corrected chi connectivity index (χ4v) is 2.79. The lowest BCUT2D eigenvalue weighted by molar-refractivity contribution is 0.0817. The molecular weight excluding hydrogens is 372 g/mol. The Morgan fingerprint density at radius 2 is 0.567 bits per heavy atom. The number of carbonyl (C=O) groups excluding carboxylic acids is 3. The number of ketones is 3. The summed E-state index contributed by atoms with van der Waals surface area (Å²) >= 11 is 0. The zero-order chi connectivity index (χ0) is 21.2. The number of rotatable bonds is 5. The SMILES string of the molecule is O=C(C(=O)c1ccccc1)c1ccccc1.O=C(c1ccccc1)c1ccccc1. The highest BCUT2D eigenvalue weighted by molar-refractivity contribution is 6.49. The summed E-state index contributed by atoms with van der Waals surface area (Å²) in [4.78, 5) is 35.4. The second-order valence-corrected chi connectivity index (χ2v) is 6.45. The summed E-state index contributed by atoms with van der Waals surface area (Å²) < 4.78 is 0. The van der Waals surface area contributed by atoms with Gasteiger partial charge in [-0.25, -0.2) is 0 Å². The van der Waals surface area contributed by atoms with Crippen LogP contribution < -0.4 is 0 Å². The largest absolute Gasteiger partial charge is 0.289 e. The monoisotopic (exact) mass is 392 g/mol. The molecule has 4 rings (SSSR count). The zero-order valence-electron chi connectivity index (χ0n) is 16.3. The summed E-state index contributed by atoms with van der Waals surface area (Å²) in [7, 11) is 0. The molecule has 0 aliphatic carbocycles. The molecule has 0 bridgehead atoms. The van der Waals surface area contributed by atoms with E-state index in [1.807, 2.05) is 72.8 Å². The molecule has 3 heteroatoms. The molecule has 0 radical (unpaired) electrons. The van der Waals surface area contributed by atoms with Gasteiger partial charge in [-0.1, -0.05) is 121 Å². The molecule has 0 atom stereocenters. The quantitative estimate of drug-likeness (QED) is 0.325. The van der Waals surface area contributed by atoms with Crippen LogP contribution in [-0.2, 0) is 0 Å². The van der Waals surface area contributed by atoms with Crippen LogP contribution in [0.2, 0.25) is 0 Å². The van der Waals surface area contributed by atoms with Gasteiger partial charge in [0.15, 0.2) is 5.78 Å². The minimum Gasteiger partial charge on any atom is -0.289 e. The molecule has 0 saturated heterocycles. The maximum Gasteiger partial charge on any atom is 0.233 e. The summed E-state index contributed by atoms with van der Waals surface area (Å²) in [5.41, 5.74) is 2.32. The van der Waals surface area contributed by atoms with Gasteiger partial charge in [0.1, 0.15) is 0 Å². The molecule has 4 aromatic carbocycles. The highest BCUT2D eigenvalue weighted by Crippen LogP contribution is 2.09. The van der Waals surface area contributed by atoms with Crippen molar-refractivity contribution in [3.8, 4) is 0 Å². The van der Waals surface area contributed by atoms with Gasteiger partial charge in [0, 0.05) is 22.3 Å². The molecule has 30 heavy (non-hydrogen) atoms. The number of carbonyl (C=O) groups is 3. The maximum absolute atomic E-state index is 11.8. The van der Waals surface area contributed by atoms with Crippen LogP contribution in [0, 0.1) is 0 Å². The number of hydrogen-bond donors (Lipinski definition) is 0. The third kappa shape index (κ3) is 5.46. The molecule has 0 unspecified atom stereocenters. The van der Waals surface area contributed by atoms with E-state index in [4.69, 9.17) is 0 Å². The standard InChI is InChI=1S/C14H10O2.C13H10O/c15-13(11-7-3-1-4-8-11)14(16)12-9-5-2-6-10-12;14-13(11-7-3-1-4-8-11)12-9-5-2-6-10-12/h1-10H;1-10H. The van der Waals surface area contributed by atoms with Gasteiger partial charge < -0.3 is 0 Å². The Bertz CT molecular complexity index is 1010. The molecule has 0 amide bonds. The van der Waals surface area contributed by atoms with Gasteiger partial charge in [-0.3, -0.25) is 14.4 Å². The van der Waals surface area contributed by atoms with Gasteiger partial charge in [-0.15, -0.1) is 0 Å². The number of benzene rings is 4. The summed E-state index contributed by atoms with van der Waals surface area (Å²) in [6, 6.07) is 35.8. The fraction of sp³-hybridized carbons (Fsp3) is 0. The normalized spacial score (nSPS) is 9.73. The Kier molecular flexibility index (Phi) is 7.17. The third-order valence-electron chi connectivity index (χ3n) is 4.35. The van der Waals surface area contributed by atoms with Crippen LogP contribution in [0.4, 0.5) is 0 Å². The third-order valence-corrected chi connectivity index (χ3v) is 4.35. The average molecular weight is 392 g/mol. The van der Waals surface area contributed by atoms with Crippen molar-refractivity contribution in [3.05, 3.63) is 144 Å². The second-order valence-electron chi connectivity index (χ2n) is 6.45. The summed E-state index contributed by atoms with van der Waals surface area (Å²) in [6.07, 6.45) is 0. The predicted molar refractivity (Wildman–Crippen MR) is 118 cm³/mol. The Balaban J connectivity index is 0.000000172. The van der Waals surface area contributed by atoms with Crippen molar-refractivity contribution in [2.75, 3.05) is 0 Å².